The predicted molar refractivity (Wildman–Crippen MR) is 97.0 cm³/mol. The number of hydrogen-bond acceptors (Lipinski definition) is 4. The van der Waals surface area contributed by atoms with E-state index >= 15 is 0 Å². The van der Waals surface area contributed by atoms with E-state index in [0.29, 0.717) is 31.0 Å². The molecule has 1 fully saturated rings. The highest BCUT2D eigenvalue weighted by atomic mass is 19.1. The molecule has 4 rings (SSSR count). The van der Waals surface area contributed by atoms with Gasteiger partial charge in [0, 0.05) is 18.7 Å². The topological polar surface area (TPSA) is 71.3 Å². The standard InChI is InChI=1S/C20H18F2N4O2/c21-15-8-6-13(7-9-15)12-23-20(27)26-10-2-5-17(26)19-24-18(25-28-19)14-3-1-4-16(22)11-14/h1,3-4,6-9,11,17H,2,5,10,12H2,(H,23,27)/t17-/m1/s1. The first-order chi connectivity index (χ1) is 13.6. The third-order valence-corrected chi connectivity index (χ3v) is 4.68. The zero-order valence-corrected chi connectivity index (χ0v) is 14.9. The zero-order chi connectivity index (χ0) is 19.5. The van der Waals surface area contributed by atoms with Gasteiger partial charge in [-0.1, -0.05) is 29.4 Å². The highest BCUT2D eigenvalue weighted by Gasteiger charge is 2.34. The van der Waals surface area contributed by atoms with Crippen molar-refractivity contribution in [2.75, 3.05) is 6.54 Å². The Labute approximate surface area is 160 Å². The molecule has 6 nitrogen and oxygen atoms in total. The second-order valence-electron chi connectivity index (χ2n) is 6.60. The molecule has 8 heteroatoms. The molecule has 1 aliphatic heterocycles. The number of hydrogen-bond donors (Lipinski definition) is 1. The minimum atomic E-state index is -0.383. The van der Waals surface area contributed by atoms with Crippen LogP contribution in [0.4, 0.5) is 13.6 Å². The van der Waals surface area contributed by atoms with Crippen molar-refractivity contribution in [2.45, 2.75) is 25.4 Å². The monoisotopic (exact) mass is 384 g/mol. The number of urea groups is 1. The molecule has 2 amide bonds. The molecule has 28 heavy (non-hydrogen) atoms. The fourth-order valence-corrected chi connectivity index (χ4v) is 3.26. The molecular weight excluding hydrogens is 366 g/mol. The third kappa shape index (κ3) is 3.85. The fraction of sp³-hybridized carbons (Fsp3) is 0.250. The minimum Gasteiger partial charge on any atom is -0.337 e. The van der Waals surface area contributed by atoms with E-state index in [4.69, 9.17) is 4.52 Å². The summed E-state index contributed by atoms with van der Waals surface area (Å²) in [7, 11) is 0. The van der Waals surface area contributed by atoms with E-state index in [-0.39, 0.29) is 29.5 Å². The zero-order valence-electron chi connectivity index (χ0n) is 14.9. The van der Waals surface area contributed by atoms with Crippen LogP contribution in [-0.4, -0.2) is 27.6 Å². The molecule has 1 aliphatic rings. The summed E-state index contributed by atoms with van der Waals surface area (Å²) in [6.45, 7) is 0.859. The van der Waals surface area contributed by atoms with Crippen LogP contribution in [0, 0.1) is 11.6 Å². The van der Waals surface area contributed by atoms with Crippen molar-refractivity contribution in [1.29, 1.82) is 0 Å². The molecule has 0 radical (unpaired) electrons. The minimum absolute atomic E-state index is 0.252. The molecule has 144 valence electrons. The second kappa shape index (κ2) is 7.75. The van der Waals surface area contributed by atoms with Crippen molar-refractivity contribution in [3.8, 4) is 11.4 Å². The summed E-state index contributed by atoms with van der Waals surface area (Å²) >= 11 is 0. The van der Waals surface area contributed by atoms with Gasteiger partial charge in [-0.05, 0) is 42.7 Å². The first-order valence-electron chi connectivity index (χ1n) is 8.98. The number of carbonyl (C=O) groups excluding carboxylic acids is 1. The van der Waals surface area contributed by atoms with Gasteiger partial charge in [-0.25, -0.2) is 13.6 Å². The largest absolute Gasteiger partial charge is 0.337 e. The van der Waals surface area contributed by atoms with Crippen LogP contribution in [0.15, 0.2) is 53.1 Å². The number of halogens is 2. The Morgan fingerprint density at radius 2 is 2.00 bits per heavy atom. The van der Waals surface area contributed by atoms with Gasteiger partial charge in [0.05, 0.1) is 0 Å². The lowest BCUT2D eigenvalue weighted by atomic mass is 10.2. The van der Waals surface area contributed by atoms with E-state index < -0.39 is 0 Å². The van der Waals surface area contributed by atoms with Gasteiger partial charge in [-0.3, -0.25) is 0 Å². The molecule has 0 unspecified atom stereocenters. The van der Waals surface area contributed by atoms with Crippen LogP contribution in [0.5, 0.6) is 0 Å². The molecular formula is C20H18F2N4O2. The van der Waals surface area contributed by atoms with Crippen molar-refractivity contribution >= 4 is 6.03 Å². The maximum Gasteiger partial charge on any atom is 0.318 e. The predicted octanol–water partition coefficient (Wildman–Crippen LogP) is 4.06. The molecule has 0 aliphatic carbocycles. The second-order valence-corrected chi connectivity index (χ2v) is 6.60. The Morgan fingerprint density at radius 3 is 2.79 bits per heavy atom. The maximum atomic E-state index is 13.4. The summed E-state index contributed by atoms with van der Waals surface area (Å²) in [5.41, 5.74) is 1.32. The van der Waals surface area contributed by atoms with Crippen LogP contribution < -0.4 is 5.32 Å². The average molecular weight is 384 g/mol. The average Bonchev–Trinajstić information content (AvgIpc) is 3.36. The fourth-order valence-electron chi connectivity index (χ4n) is 3.26. The summed E-state index contributed by atoms with van der Waals surface area (Å²) < 4.78 is 31.7. The molecule has 1 N–H and O–H groups in total. The van der Waals surface area contributed by atoms with Gasteiger partial charge in [0.1, 0.15) is 17.7 Å². The lowest BCUT2D eigenvalue weighted by Gasteiger charge is -2.22. The van der Waals surface area contributed by atoms with Crippen molar-refractivity contribution in [1.82, 2.24) is 20.4 Å². The number of likely N-dealkylation sites (tertiary alicyclic amines) is 1. The summed E-state index contributed by atoms with van der Waals surface area (Å²) in [6.07, 6.45) is 1.51. The Balaban J connectivity index is 1.44. The Hall–Kier alpha value is -3.29. The Morgan fingerprint density at radius 1 is 1.18 bits per heavy atom. The van der Waals surface area contributed by atoms with Crippen LogP contribution >= 0.6 is 0 Å². The highest BCUT2D eigenvalue weighted by Crippen LogP contribution is 2.32. The van der Waals surface area contributed by atoms with E-state index in [1.807, 2.05) is 0 Å². The van der Waals surface area contributed by atoms with Crippen molar-refractivity contribution < 1.29 is 18.1 Å². The van der Waals surface area contributed by atoms with Crippen LogP contribution in [0.1, 0.15) is 30.3 Å². The van der Waals surface area contributed by atoms with Gasteiger partial charge in [0.25, 0.3) is 0 Å². The Kier molecular flexibility index (Phi) is 5.01. The molecule has 0 bridgehead atoms. The normalized spacial score (nSPS) is 16.4. The quantitative estimate of drug-likeness (QED) is 0.736. The molecule has 1 atom stereocenters. The van der Waals surface area contributed by atoms with Crippen LogP contribution in [0.3, 0.4) is 0 Å². The molecule has 0 saturated carbocycles. The van der Waals surface area contributed by atoms with Crippen molar-refractivity contribution in [3.05, 3.63) is 71.6 Å². The van der Waals surface area contributed by atoms with Gasteiger partial charge in [-0.15, -0.1) is 0 Å². The SMILES string of the molecule is O=C(NCc1ccc(F)cc1)N1CCC[C@@H]1c1nc(-c2cccc(F)c2)no1. The number of amides is 2. The number of benzene rings is 2. The van der Waals surface area contributed by atoms with E-state index in [9.17, 15) is 13.6 Å². The van der Waals surface area contributed by atoms with E-state index in [2.05, 4.69) is 15.5 Å². The summed E-state index contributed by atoms with van der Waals surface area (Å²) in [4.78, 5) is 18.6. The number of rotatable bonds is 4. The van der Waals surface area contributed by atoms with Gasteiger partial charge >= 0.3 is 6.03 Å². The smallest absolute Gasteiger partial charge is 0.318 e. The van der Waals surface area contributed by atoms with Crippen molar-refractivity contribution in [3.63, 3.8) is 0 Å². The molecule has 3 aromatic rings. The molecule has 2 heterocycles. The molecule has 1 saturated heterocycles. The van der Waals surface area contributed by atoms with Crippen LogP contribution in [0.2, 0.25) is 0 Å². The lowest BCUT2D eigenvalue weighted by molar-refractivity contribution is 0.180. The third-order valence-electron chi connectivity index (χ3n) is 4.68. The summed E-state index contributed by atoms with van der Waals surface area (Å²) in [6, 6.07) is 11.3. The number of nitrogens with one attached hydrogen (secondary N) is 1. The molecule has 0 spiro atoms. The van der Waals surface area contributed by atoms with E-state index in [0.717, 1.165) is 12.0 Å². The number of nitrogens with zero attached hydrogens (tertiary/aromatic N) is 3. The van der Waals surface area contributed by atoms with Crippen LogP contribution in [0.25, 0.3) is 11.4 Å². The van der Waals surface area contributed by atoms with Gasteiger partial charge < -0.3 is 14.7 Å². The summed E-state index contributed by atoms with van der Waals surface area (Å²) in [5, 5.41) is 6.75. The first kappa shape index (κ1) is 18.1. The maximum absolute atomic E-state index is 13.4. The number of carbonyl (C=O) groups is 1. The van der Waals surface area contributed by atoms with Crippen molar-refractivity contribution in [2.24, 2.45) is 0 Å². The van der Waals surface area contributed by atoms with Gasteiger partial charge in [-0.2, -0.15) is 4.98 Å². The first-order valence-corrected chi connectivity index (χ1v) is 8.98. The number of aromatic nitrogens is 2. The summed E-state index contributed by atoms with van der Waals surface area (Å²) in [5.74, 6) is -0.0894. The van der Waals surface area contributed by atoms with Crippen LogP contribution in [-0.2, 0) is 6.54 Å². The van der Waals surface area contributed by atoms with E-state index in [1.165, 1.54) is 24.3 Å². The highest BCUT2D eigenvalue weighted by molar-refractivity contribution is 5.75. The Bertz CT molecular complexity index is 974. The van der Waals surface area contributed by atoms with E-state index in [1.54, 1.807) is 29.2 Å². The van der Waals surface area contributed by atoms with Gasteiger partial charge in [0.2, 0.25) is 11.7 Å². The molecule has 2 aromatic carbocycles. The molecule has 1 aromatic heterocycles. The lowest BCUT2D eigenvalue weighted by Crippen LogP contribution is -2.39. The van der Waals surface area contributed by atoms with Gasteiger partial charge in [0.15, 0.2) is 0 Å².